The van der Waals surface area contributed by atoms with Crippen LogP contribution in [0, 0.1) is 0 Å². The zero-order chi connectivity index (χ0) is 32.3. The van der Waals surface area contributed by atoms with E-state index in [4.69, 9.17) is 21.3 Å². The van der Waals surface area contributed by atoms with Crippen molar-refractivity contribution in [2.45, 2.75) is 53.7 Å². The van der Waals surface area contributed by atoms with E-state index in [0.717, 1.165) is 39.5 Å². The molecule has 1 aliphatic rings. The number of halogens is 1. The maximum atomic E-state index is 11.6. The first-order valence-corrected chi connectivity index (χ1v) is 17.8. The first-order chi connectivity index (χ1) is 22.9. The Morgan fingerprint density at radius 3 is 2.53 bits per heavy atom. The molecule has 5 nitrogen and oxygen atoms in total. The van der Waals surface area contributed by atoms with E-state index in [1.165, 1.54) is 32.6 Å². The zero-order valence-electron chi connectivity index (χ0n) is 25.9. The van der Waals surface area contributed by atoms with Crippen molar-refractivity contribution >= 4 is 52.0 Å². The maximum absolute atomic E-state index is 11.6. The van der Waals surface area contributed by atoms with Crippen molar-refractivity contribution in [2.24, 2.45) is 0 Å². The van der Waals surface area contributed by atoms with Gasteiger partial charge in [0, 0.05) is 60.8 Å². The minimum absolute atomic E-state index is 0.00423. The van der Waals surface area contributed by atoms with Crippen molar-refractivity contribution in [1.82, 2.24) is 9.55 Å². The highest BCUT2D eigenvalue weighted by molar-refractivity contribution is 8.00. The highest BCUT2D eigenvalue weighted by atomic mass is 35.5. The number of benzene rings is 4. The second-order valence-corrected chi connectivity index (χ2v) is 14.6. The third-order valence-electron chi connectivity index (χ3n) is 8.40. The molecule has 236 valence electrons. The minimum Gasteiger partial charge on any atom is -0.487 e. The number of aromatic nitrogens is 2. The smallest absolute Gasteiger partial charge is 0.307 e. The number of carboxylic acid groups (broad SMARTS) is 1. The van der Waals surface area contributed by atoms with E-state index in [9.17, 15) is 9.90 Å². The molecule has 1 N–H and O–H groups in total. The van der Waals surface area contributed by atoms with Gasteiger partial charge < -0.3 is 14.4 Å². The van der Waals surface area contributed by atoms with Crippen molar-refractivity contribution in [3.8, 4) is 16.9 Å². The number of pyridine rings is 1. The Kier molecular flexibility index (Phi) is 9.30. The molecule has 0 amide bonds. The molecule has 1 aliphatic heterocycles. The lowest BCUT2D eigenvalue weighted by Crippen LogP contribution is -2.10. The number of hydrogen-bond donors (Lipinski definition) is 1. The van der Waals surface area contributed by atoms with Crippen LogP contribution in [0.3, 0.4) is 0 Å². The summed E-state index contributed by atoms with van der Waals surface area (Å²) in [7, 11) is 0. The molecule has 7 rings (SSSR count). The van der Waals surface area contributed by atoms with E-state index >= 15 is 0 Å². The second kappa shape index (κ2) is 13.9. The van der Waals surface area contributed by atoms with Crippen molar-refractivity contribution in [3.63, 3.8) is 0 Å². The lowest BCUT2D eigenvalue weighted by atomic mass is 10.0. The molecular formula is C39H33ClN2O3S2. The van der Waals surface area contributed by atoms with Crippen LogP contribution >= 0.6 is 35.1 Å². The molecule has 3 heterocycles. The molecule has 1 unspecified atom stereocenters. The van der Waals surface area contributed by atoms with E-state index < -0.39 is 5.97 Å². The number of hydrogen-bond acceptors (Lipinski definition) is 5. The molecule has 0 spiro atoms. The number of thioether (sulfide) groups is 2. The molecule has 0 bridgehead atoms. The SMILES string of the molecule is CC1Cc2c(OCc3ccc(-c4ccccc4)cn3)ccc3c2c(c(CSc2ccccc2CC(=O)O)n3Cc2ccc(Cl)cc2)S1. The van der Waals surface area contributed by atoms with Gasteiger partial charge in [-0.15, -0.1) is 23.5 Å². The van der Waals surface area contributed by atoms with Crippen molar-refractivity contribution < 1.29 is 14.6 Å². The van der Waals surface area contributed by atoms with Crippen LogP contribution in [-0.2, 0) is 36.5 Å². The van der Waals surface area contributed by atoms with Crippen LogP contribution in [-0.4, -0.2) is 25.9 Å². The number of rotatable bonds is 11. The van der Waals surface area contributed by atoms with Crippen LogP contribution in [0.2, 0.25) is 5.02 Å². The molecule has 1 atom stereocenters. The molecule has 4 aromatic carbocycles. The number of carbonyl (C=O) groups is 1. The molecule has 0 saturated heterocycles. The van der Waals surface area contributed by atoms with E-state index in [0.29, 0.717) is 29.2 Å². The van der Waals surface area contributed by atoms with E-state index in [1.807, 2.05) is 78.6 Å². The molecule has 0 aliphatic carbocycles. The minimum atomic E-state index is -0.825. The second-order valence-electron chi connectivity index (χ2n) is 11.7. The first-order valence-electron chi connectivity index (χ1n) is 15.6. The predicted octanol–water partition coefficient (Wildman–Crippen LogP) is 9.94. The molecule has 2 aromatic heterocycles. The Labute approximate surface area is 288 Å². The van der Waals surface area contributed by atoms with Crippen LogP contribution in [0.1, 0.15) is 35.0 Å². The molecule has 47 heavy (non-hydrogen) atoms. The van der Waals surface area contributed by atoms with Gasteiger partial charge in [0.25, 0.3) is 0 Å². The molecule has 0 saturated carbocycles. The summed E-state index contributed by atoms with van der Waals surface area (Å²) >= 11 is 9.85. The summed E-state index contributed by atoms with van der Waals surface area (Å²) in [6, 6.07) is 34.5. The topological polar surface area (TPSA) is 64.3 Å². The van der Waals surface area contributed by atoms with Gasteiger partial charge in [-0.25, -0.2) is 0 Å². The van der Waals surface area contributed by atoms with Crippen LogP contribution in [0.5, 0.6) is 5.75 Å². The van der Waals surface area contributed by atoms with Gasteiger partial charge in [-0.2, -0.15) is 0 Å². The van der Waals surface area contributed by atoms with Crippen LogP contribution in [0.4, 0.5) is 0 Å². The van der Waals surface area contributed by atoms with Crippen LogP contribution < -0.4 is 4.74 Å². The molecular weight excluding hydrogens is 644 g/mol. The fourth-order valence-electron chi connectivity index (χ4n) is 6.16. The Balaban J connectivity index is 1.24. The van der Waals surface area contributed by atoms with Crippen molar-refractivity contribution in [1.29, 1.82) is 0 Å². The standard InChI is InChI=1S/C39H33ClN2O3S2/c1-25-19-32-35(45-23-31-16-13-29(21-41-31)27-7-3-2-4-8-27)18-17-33-38(32)39(47-25)34(42(33)22-26-11-14-30(40)15-12-26)24-46-36-10-6-5-9-28(36)20-37(43)44/h2-18,21,25H,19-20,22-24H2,1H3,(H,43,44). The lowest BCUT2D eigenvalue weighted by Gasteiger charge is -2.22. The number of ether oxygens (including phenoxy) is 1. The van der Waals surface area contributed by atoms with Gasteiger partial charge >= 0.3 is 5.97 Å². The quantitative estimate of drug-likeness (QED) is 0.138. The molecule has 0 radical (unpaired) electrons. The highest BCUT2D eigenvalue weighted by Gasteiger charge is 2.29. The Morgan fingerprint density at radius 2 is 1.77 bits per heavy atom. The van der Waals surface area contributed by atoms with Gasteiger partial charge in [-0.3, -0.25) is 9.78 Å². The van der Waals surface area contributed by atoms with Gasteiger partial charge in [0.05, 0.1) is 17.6 Å². The summed E-state index contributed by atoms with van der Waals surface area (Å²) < 4.78 is 8.93. The summed E-state index contributed by atoms with van der Waals surface area (Å²) in [5.41, 5.74) is 8.75. The van der Waals surface area contributed by atoms with Gasteiger partial charge in [-0.05, 0) is 59.5 Å². The zero-order valence-corrected chi connectivity index (χ0v) is 28.2. The Morgan fingerprint density at radius 1 is 0.979 bits per heavy atom. The van der Waals surface area contributed by atoms with E-state index in [2.05, 4.69) is 54.0 Å². The van der Waals surface area contributed by atoms with Gasteiger partial charge in [-0.1, -0.05) is 85.3 Å². The van der Waals surface area contributed by atoms with Crippen molar-refractivity contribution in [2.75, 3.05) is 0 Å². The number of nitrogens with zero attached hydrogens (tertiary/aromatic N) is 2. The number of aliphatic carboxylic acids is 1. The molecule has 8 heteroatoms. The molecule has 6 aromatic rings. The van der Waals surface area contributed by atoms with Crippen LogP contribution in [0.15, 0.2) is 119 Å². The lowest BCUT2D eigenvalue weighted by molar-refractivity contribution is -0.136. The Bertz CT molecular complexity index is 2040. The summed E-state index contributed by atoms with van der Waals surface area (Å²) in [5, 5.41) is 11.8. The third kappa shape index (κ3) is 6.93. The number of carboxylic acids is 1. The predicted molar refractivity (Wildman–Crippen MR) is 193 cm³/mol. The highest BCUT2D eigenvalue weighted by Crippen LogP contribution is 2.48. The monoisotopic (exact) mass is 676 g/mol. The fourth-order valence-corrected chi connectivity index (χ4v) is 8.79. The maximum Gasteiger partial charge on any atom is 0.307 e. The summed E-state index contributed by atoms with van der Waals surface area (Å²) in [6.45, 7) is 3.36. The average molecular weight is 677 g/mol. The Hall–Kier alpha value is -4.17. The normalized spacial score (nSPS) is 14.0. The summed E-state index contributed by atoms with van der Waals surface area (Å²) in [4.78, 5) is 18.6. The van der Waals surface area contributed by atoms with Gasteiger partial charge in [0.1, 0.15) is 12.4 Å². The summed E-state index contributed by atoms with van der Waals surface area (Å²) in [5.74, 6) is 0.782. The fraction of sp³-hybridized carbons (Fsp3) is 0.179. The summed E-state index contributed by atoms with van der Waals surface area (Å²) in [6.07, 6.45) is 2.82. The first kappa shape index (κ1) is 31.4. The third-order valence-corrected chi connectivity index (χ3v) is 11.0. The van der Waals surface area contributed by atoms with Gasteiger partial charge in [0.2, 0.25) is 0 Å². The van der Waals surface area contributed by atoms with Gasteiger partial charge in [0.15, 0.2) is 0 Å². The van der Waals surface area contributed by atoms with Crippen LogP contribution in [0.25, 0.3) is 22.0 Å². The largest absolute Gasteiger partial charge is 0.487 e. The van der Waals surface area contributed by atoms with E-state index in [-0.39, 0.29) is 6.42 Å². The van der Waals surface area contributed by atoms with E-state index in [1.54, 1.807) is 11.8 Å². The van der Waals surface area contributed by atoms with Crippen molar-refractivity contribution in [3.05, 3.63) is 142 Å². The average Bonchev–Trinajstić information content (AvgIpc) is 3.37. The molecule has 0 fully saturated rings.